The Morgan fingerprint density at radius 2 is 2.46 bits per heavy atom. The van der Waals surface area contributed by atoms with E-state index in [-0.39, 0.29) is 12.1 Å². The van der Waals surface area contributed by atoms with Gasteiger partial charge in [-0.2, -0.15) is 5.10 Å². The Balaban J connectivity index is 2.17. The summed E-state index contributed by atoms with van der Waals surface area (Å²) in [5, 5.41) is 3.86. The van der Waals surface area contributed by atoms with E-state index in [4.69, 9.17) is 10.5 Å². The predicted octanol–water partition coefficient (Wildman–Crippen LogP) is 0.322. The number of ether oxygens (including phenoxy) is 1. The molecule has 1 heterocycles. The summed E-state index contributed by atoms with van der Waals surface area (Å²) in [4.78, 5) is 11.4. The highest BCUT2D eigenvalue weighted by Gasteiger charge is 2.28. The molecule has 0 saturated heterocycles. The van der Waals surface area contributed by atoms with E-state index in [1.54, 1.807) is 7.05 Å². The zero-order valence-electron chi connectivity index (χ0n) is 7.36. The van der Waals surface area contributed by atoms with Gasteiger partial charge in [0.15, 0.2) is 5.69 Å². The Bertz CT molecular complexity index is 322. The topological polar surface area (TPSA) is 70.1 Å². The molecule has 5 heteroatoms. The molecular formula is C8H11N3O2. The Labute approximate surface area is 75.5 Å². The minimum atomic E-state index is -0.375. The largest absolute Gasteiger partial charge is 0.458 e. The maximum Gasteiger partial charge on any atom is 0.359 e. The number of carbonyl (C=O) groups excluding carboxylic acids is 1. The summed E-state index contributed by atoms with van der Waals surface area (Å²) in [7, 11) is 1.67. The van der Waals surface area contributed by atoms with Crippen molar-refractivity contribution in [3.05, 3.63) is 11.9 Å². The molecule has 1 aliphatic carbocycles. The standard InChI is InChI=1S/C8H11N3O2/c1-11-7(6(9)4-10-11)8(12)13-5-2-3-5/h4-5H,2-3,9H2,1H3. The summed E-state index contributed by atoms with van der Waals surface area (Å²) < 4.78 is 6.52. The molecule has 13 heavy (non-hydrogen) atoms. The van der Waals surface area contributed by atoms with Gasteiger partial charge in [-0.15, -0.1) is 0 Å². The molecule has 0 aromatic carbocycles. The third-order valence-electron chi connectivity index (χ3n) is 1.96. The molecule has 5 nitrogen and oxygen atoms in total. The van der Waals surface area contributed by atoms with Crippen LogP contribution in [0.1, 0.15) is 23.3 Å². The Kier molecular flexibility index (Phi) is 1.72. The number of nitrogen functional groups attached to an aromatic ring is 1. The van der Waals surface area contributed by atoms with Crippen LogP contribution in [0.5, 0.6) is 0 Å². The van der Waals surface area contributed by atoms with E-state index >= 15 is 0 Å². The molecule has 0 amide bonds. The quantitative estimate of drug-likeness (QED) is 0.667. The van der Waals surface area contributed by atoms with Crippen molar-refractivity contribution in [2.75, 3.05) is 5.73 Å². The summed E-state index contributed by atoms with van der Waals surface area (Å²) in [6.45, 7) is 0. The van der Waals surface area contributed by atoms with Gasteiger partial charge in [-0.05, 0) is 12.8 Å². The molecular weight excluding hydrogens is 170 g/mol. The molecule has 2 rings (SSSR count). The average Bonchev–Trinajstić information content (AvgIpc) is 2.79. The Hall–Kier alpha value is -1.52. The van der Waals surface area contributed by atoms with E-state index in [1.807, 2.05) is 0 Å². The fourth-order valence-electron chi connectivity index (χ4n) is 1.10. The van der Waals surface area contributed by atoms with Crippen LogP contribution >= 0.6 is 0 Å². The Morgan fingerprint density at radius 3 is 2.92 bits per heavy atom. The SMILES string of the molecule is Cn1ncc(N)c1C(=O)OC1CC1. The maximum atomic E-state index is 11.4. The van der Waals surface area contributed by atoms with Gasteiger partial charge in [-0.25, -0.2) is 4.79 Å². The van der Waals surface area contributed by atoms with Crippen LogP contribution in [0.15, 0.2) is 6.20 Å². The number of rotatable bonds is 2. The third kappa shape index (κ3) is 1.49. The molecule has 70 valence electrons. The summed E-state index contributed by atoms with van der Waals surface area (Å²) in [5.74, 6) is -0.375. The third-order valence-corrected chi connectivity index (χ3v) is 1.96. The van der Waals surface area contributed by atoms with Gasteiger partial charge in [0, 0.05) is 7.05 Å². The molecule has 1 fully saturated rings. The van der Waals surface area contributed by atoms with Gasteiger partial charge in [-0.1, -0.05) is 0 Å². The number of hydrogen-bond donors (Lipinski definition) is 1. The number of anilines is 1. The summed E-state index contributed by atoms with van der Waals surface area (Å²) in [6.07, 6.45) is 3.47. The normalized spacial score (nSPS) is 15.8. The lowest BCUT2D eigenvalue weighted by atomic mass is 10.4. The monoisotopic (exact) mass is 181 g/mol. The lowest BCUT2D eigenvalue weighted by Crippen LogP contribution is -2.13. The first-order valence-electron chi connectivity index (χ1n) is 4.17. The minimum absolute atomic E-state index is 0.0989. The van der Waals surface area contributed by atoms with Crippen LogP contribution in [-0.4, -0.2) is 21.9 Å². The number of hydrogen-bond acceptors (Lipinski definition) is 4. The summed E-state index contributed by atoms with van der Waals surface area (Å²) >= 11 is 0. The molecule has 0 unspecified atom stereocenters. The van der Waals surface area contributed by atoms with Crippen molar-refractivity contribution in [1.82, 2.24) is 9.78 Å². The molecule has 1 saturated carbocycles. The molecule has 0 radical (unpaired) electrons. The van der Waals surface area contributed by atoms with Crippen molar-refractivity contribution in [1.29, 1.82) is 0 Å². The molecule has 1 aromatic rings. The lowest BCUT2D eigenvalue weighted by Gasteiger charge is -2.03. The smallest absolute Gasteiger partial charge is 0.359 e. The zero-order valence-corrected chi connectivity index (χ0v) is 7.36. The molecule has 1 aromatic heterocycles. The number of carbonyl (C=O) groups is 1. The van der Waals surface area contributed by atoms with Crippen LogP contribution in [-0.2, 0) is 11.8 Å². The van der Waals surface area contributed by atoms with Gasteiger partial charge in [0.2, 0.25) is 0 Å². The number of nitrogens with two attached hydrogens (primary N) is 1. The number of aromatic nitrogens is 2. The van der Waals surface area contributed by atoms with Crippen molar-refractivity contribution < 1.29 is 9.53 Å². The highest BCUT2D eigenvalue weighted by Crippen LogP contribution is 2.25. The van der Waals surface area contributed by atoms with Gasteiger partial charge in [0.1, 0.15) is 6.10 Å². The van der Waals surface area contributed by atoms with E-state index < -0.39 is 0 Å². The first kappa shape index (κ1) is 8.10. The zero-order chi connectivity index (χ0) is 9.42. The highest BCUT2D eigenvalue weighted by atomic mass is 16.5. The fraction of sp³-hybridized carbons (Fsp3) is 0.500. The first-order valence-corrected chi connectivity index (χ1v) is 4.17. The van der Waals surface area contributed by atoms with Crippen LogP contribution in [0, 0.1) is 0 Å². The van der Waals surface area contributed by atoms with Gasteiger partial charge in [0.25, 0.3) is 0 Å². The second kappa shape index (κ2) is 2.76. The van der Waals surface area contributed by atoms with Crippen molar-refractivity contribution in [3.63, 3.8) is 0 Å². The van der Waals surface area contributed by atoms with Gasteiger partial charge < -0.3 is 10.5 Å². The van der Waals surface area contributed by atoms with Crippen LogP contribution in [0.25, 0.3) is 0 Å². The maximum absolute atomic E-state index is 11.4. The van der Waals surface area contributed by atoms with Gasteiger partial charge in [-0.3, -0.25) is 4.68 Å². The van der Waals surface area contributed by atoms with E-state index in [0.717, 1.165) is 12.8 Å². The van der Waals surface area contributed by atoms with E-state index in [1.165, 1.54) is 10.9 Å². The van der Waals surface area contributed by atoms with E-state index in [0.29, 0.717) is 11.4 Å². The van der Waals surface area contributed by atoms with Crippen LogP contribution < -0.4 is 5.73 Å². The predicted molar refractivity (Wildman–Crippen MR) is 46.1 cm³/mol. The summed E-state index contributed by atoms with van der Waals surface area (Å²) in [6, 6.07) is 0. The second-order valence-electron chi connectivity index (χ2n) is 3.18. The molecule has 0 aliphatic heterocycles. The minimum Gasteiger partial charge on any atom is -0.458 e. The number of nitrogens with zero attached hydrogens (tertiary/aromatic N) is 2. The van der Waals surface area contributed by atoms with E-state index in [9.17, 15) is 4.79 Å². The van der Waals surface area contributed by atoms with Crippen LogP contribution in [0.3, 0.4) is 0 Å². The first-order chi connectivity index (χ1) is 6.18. The van der Waals surface area contributed by atoms with Gasteiger partial charge >= 0.3 is 5.97 Å². The summed E-state index contributed by atoms with van der Waals surface area (Å²) in [5.41, 5.74) is 6.26. The van der Waals surface area contributed by atoms with Gasteiger partial charge in [0.05, 0.1) is 11.9 Å². The number of esters is 1. The molecule has 0 bridgehead atoms. The number of aryl methyl sites for hydroxylation is 1. The van der Waals surface area contributed by atoms with Crippen molar-refractivity contribution in [2.45, 2.75) is 18.9 Å². The molecule has 2 N–H and O–H groups in total. The lowest BCUT2D eigenvalue weighted by molar-refractivity contribution is 0.0461. The van der Waals surface area contributed by atoms with Crippen molar-refractivity contribution >= 4 is 11.7 Å². The molecule has 0 spiro atoms. The van der Waals surface area contributed by atoms with Crippen molar-refractivity contribution in [2.24, 2.45) is 7.05 Å². The average molecular weight is 181 g/mol. The second-order valence-corrected chi connectivity index (χ2v) is 3.18. The highest BCUT2D eigenvalue weighted by molar-refractivity contribution is 5.93. The van der Waals surface area contributed by atoms with E-state index in [2.05, 4.69) is 5.10 Å². The Morgan fingerprint density at radius 1 is 1.77 bits per heavy atom. The molecule has 1 aliphatic rings. The fourth-order valence-corrected chi connectivity index (χ4v) is 1.10. The van der Waals surface area contributed by atoms with Crippen LogP contribution in [0.2, 0.25) is 0 Å². The molecule has 0 atom stereocenters. The van der Waals surface area contributed by atoms with Crippen LogP contribution in [0.4, 0.5) is 5.69 Å². The van der Waals surface area contributed by atoms with Crippen molar-refractivity contribution in [3.8, 4) is 0 Å².